The molecule has 2 rings (SSSR count). The van der Waals surface area contributed by atoms with E-state index in [2.05, 4.69) is 0 Å². The molecule has 2 aromatic carbocycles. The molecule has 0 bridgehead atoms. The van der Waals surface area contributed by atoms with E-state index in [1.165, 1.54) is 12.1 Å². The molecule has 2 aromatic rings. The fourth-order valence-corrected chi connectivity index (χ4v) is 2.33. The van der Waals surface area contributed by atoms with Crippen molar-refractivity contribution in [3.63, 3.8) is 0 Å². The van der Waals surface area contributed by atoms with E-state index in [1.807, 2.05) is 31.2 Å². The molecule has 0 spiro atoms. The van der Waals surface area contributed by atoms with Crippen molar-refractivity contribution in [2.45, 2.75) is 18.8 Å². The van der Waals surface area contributed by atoms with Crippen molar-refractivity contribution < 1.29 is 14.2 Å². The minimum absolute atomic E-state index is 0.00412. The van der Waals surface area contributed by atoms with Crippen molar-refractivity contribution in [2.24, 2.45) is 0 Å². The third-order valence-electron chi connectivity index (χ3n) is 3.62. The molecule has 1 N–H and O–H groups in total. The normalized spacial score (nSPS) is 13.8. The minimum Gasteiger partial charge on any atom is -0.497 e. The largest absolute Gasteiger partial charge is 0.497 e. The van der Waals surface area contributed by atoms with Crippen LogP contribution in [0.4, 0.5) is 4.39 Å². The van der Waals surface area contributed by atoms with Crippen molar-refractivity contribution >= 4 is 0 Å². The Bertz CT molecular complexity index is 565. The van der Waals surface area contributed by atoms with Gasteiger partial charge in [0.15, 0.2) is 0 Å². The summed E-state index contributed by atoms with van der Waals surface area (Å²) in [6, 6.07) is 14.1. The third-order valence-corrected chi connectivity index (χ3v) is 3.62. The fraction of sp³-hybridized carbons (Fsp3) is 0.294. The minimum atomic E-state index is -0.444. The SMILES string of the molecule is COc1cccc(CC(C)(CO)c2ccc(F)cc2)c1. The van der Waals surface area contributed by atoms with E-state index < -0.39 is 5.41 Å². The Labute approximate surface area is 118 Å². The van der Waals surface area contributed by atoms with Crippen LogP contribution in [0.5, 0.6) is 5.75 Å². The molecule has 1 atom stereocenters. The maximum Gasteiger partial charge on any atom is 0.123 e. The molecule has 0 heterocycles. The molecule has 0 amide bonds. The average molecular weight is 274 g/mol. The van der Waals surface area contributed by atoms with Gasteiger partial charge >= 0.3 is 0 Å². The Morgan fingerprint density at radius 2 is 1.85 bits per heavy atom. The second-order valence-electron chi connectivity index (χ2n) is 5.25. The van der Waals surface area contributed by atoms with Gasteiger partial charge in [-0.05, 0) is 41.8 Å². The third kappa shape index (κ3) is 3.17. The van der Waals surface area contributed by atoms with Crippen LogP contribution in [0, 0.1) is 5.82 Å². The maximum atomic E-state index is 13.0. The van der Waals surface area contributed by atoms with Crippen molar-refractivity contribution in [1.82, 2.24) is 0 Å². The van der Waals surface area contributed by atoms with E-state index >= 15 is 0 Å². The molecule has 2 nitrogen and oxygen atoms in total. The lowest BCUT2D eigenvalue weighted by Gasteiger charge is -2.28. The number of halogens is 1. The first-order valence-corrected chi connectivity index (χ1v) is 6.57. The molecular formula is C17H19FO2. The molecule has 20 heavy (non-hydrogen) atoms. The molecular weight excluding hydrogens is 255 g/mol. The highest BCUT2D eigenvalue weighted by Crippen LogP contribution is 2.29. The summed E-state index contributed by atoms with van der Waals surface area (Å²) in [7, 11) is 1.63. The summed E-state index contributed by atoms with van der Waals surface area (Å²) in [6.07, 6.45) is 0.659. The Hall–Kier alpha value is -1.87. The van der Waals surface area contributed by atoms with Crippen molar-refractivity contribution in [3.05, 3.63) is 65.5 Å². The summed E-state index contributed by atoms with van der Waals surface area (Å²) in [4.78, 5) is 0. The van der Waals surface area contributed by atoms with Gasteiger partial charge in [0.1, 0.15) is 11.6 Å². The molecule has 3 heteroatoms. The van der Waals surface area contributed by atoms with Gasteiger partial charge in [0.25, 0.3) is 0 Å². The highest BCUT2D eigenvalue weighted by molar-refractivity contribution is 5.33. The molecule has 0 aromatic heterocycles. The van der Waals surface area contributed by atoms with Gasteiger partial charge in [0, 0.05) is 5.41 Å². The number of hydrogen-bond donors (Lipinski definition) is 1. The number of aliphatic hydroxyl groups is 1. The summed E-state index contributed by atoms with van der Waals surface area (Å²) in [5, 5.41) is 9.77. The Morgan fingerprint density at radius 1 is 1.15 bits per heavy atom. The van der Waals surface area contributed by atoms with Crippen LogP contribution in [0.15, 0.2) is 48.5 Å². The van der Waals surface area contributed by atoms with Crippen molar-refractivity contribution in [2.75, 3.05) is 13.7 Å². The van der Waals surface area contributed by atoms with Gasteiger partial charge in [0.2, 0.25) is 0 Å². The van der Waals surface area contributed by atoms with E-state index in [4.69, 9.17) is 4.74 Å². The van der Waals surface area contributed by atoms with Gasteiger partial charge in [-0.15, -0.1) is 0 Å². The summed E-state index contributed by atoms with van der Waals surface area (Å²) >= 11 is 0. The van der Waals surface area contributed by atoms with Gasteiger partial charge < -0.3 is 9.84 Å². The summed E-state index contributed by atoms with van der Waals surface area (Å²) in [5.41, 5.74) is 1.55. The average Bonchev–Trinajstić information content (AvgIpc) is 2.48. The van der Waals surface area contributed by atoms with Crippen LogP contribution in [0.2, 0.25) is 0 Å². The number of hydrogen-bond acceptors (Lipinski definition) is 2. The highest BCUT2D eigenvalue weighted by atomic mass is 19.1. The molecule has 0 saturated carbocycles. The molecule has 0 aliphatic rings. The molecule has 0 aliphatic heterocycles. The smallest absolute Gasteiger partial charge is 0.123 e. The first-order valence-electron chi connectivity index (χ1n) is 6.57. The van der Waals surface area contributed by atoms with Gasteiger partial charge in [-0.3, -0.25) is 0 Å². The molecule has 0 aliphatic carbocycles. The molecule has 0 fully saturated rings. The zero-order chi connectivity index (χ0) is 14.6. The monoisotopic (exact) mass is 274 g/mol. The number of rotatable bonds is 5. The predicted octanol–water partition coefficient (Wildman–Crippen LogP) is 3.33. The Morgan fingerprint density at radius 3 is 2.45 bits per heavy atom. The van der Waals surface area contributed by atoms with Crippen LogP contribution >= 0.6 is 0 Å². The zero-order valence-corrected chi connectivity index (χ0v) is 11.8. The Balaban J connectivity index is 2.28. The second-order valence-corrected chi connectivity index (χ2v) is 5.25. The molecule has 0 radical (unpaired) electrons. The second kappa shape index (κ2) is 6.06. The van der Waals surface area contributed by atoms with E-state index in [0.29, 0.717) is 6.42 Å². The Kier molecular flexibility index (Phi) is 4.40. The van der Waals surface area contributed by atoms with E-state index in [-0.39, 0.29) is 12.4 Å². The quantitative estimate of drug-likeness (QED) is 0.906. The predicted molar refractivity (Wildman–Crippen MR) is 77.5 cm³/mol. The number of aliphatic hydroxyl groups excluding tert-OH is 1. The van der Waals surface area contributed by atoms with E-state index in [1.54, 1.807) is 19.2 Å². The van der Waals surface area contributed by atoms with Crippen LogP contribution in [-0.2, 0) is 11.8 Å². The van der Waals surface area contributed by atoms with Gasteiger partial charge in [-0.1, -0.05) is 31.2 Å². The summed E-state index contributed by atoms with van der Waals surface area (Å²) < 4.78 is 18.2. The van der Waals surface area contributed by atoms with Gasteiger partial charge in [-0.25, -0.2) is 4.39 Å². The van der Waals surface area contributed by atoms with Crippen LogP contribution in [0.3, 0.4) is 0 Å². The summed E-state index contributed by atoms with van der Waals surface area (Å²) in [5.74, 6) is 0.525. The standard InChI is InChI=1S/C17H19FO2/c1-17(12-19,14-6-8-15(18)9-7-14)11-13-4-3-5-16(10-13)20-2/h3-10,19H,11-12H2,1-2H3. The van der Waals surface area contributed by atoms with Gasteiger partial charge in [0.05, 0.1) is 13.7 Å². The van der Waals surface area contributed by atoms with Crippen molar-refractivity contribution in [1.29, 1.82) is 0 Å². The topological polar surface area (TPSA) is 29.5 Å². The lowest BCUT2D eigenvalue weighted by atomic mass is 9.78. The lowest BCUT2D eigenvalue weighted by molar-refractivity contribution is 0.204. The van der Waals surface area contributed by atoms with E-state index in [9.17, 15) is 9.50 Å². The van der Waals surface area contributed by atoms with Crippen LogP contribution < -0.4 is 4.74 Å². The summed E-state index contributed by atoms with van der Waals surface area (Å²) in [6.45, 7) is 1.97. The van der Waals surface area contributed by atoms with Crippen LogP contribution in [-0.4, -0.2) is 18.8 Å². The molecule has 106 valence electrons. The lowest BCUT2D eigenvalue weighted by Crippen LogP contribution is -2.29. The van der Waals surface area contributed by atoms with Crippen LogP contribution in [0.1, 0.15) is 18.1 Å². The number of benzene rings is 2. The van der Waals surface area contributed by atoms with Crippen molar-refractivity contribution in [3.8, 4) is 5.75 Å². The molecule has 0 saturated heterocycles. The molecule has 1 unspecified atom stereocenters. The first kappa shape index (κ1) is 14.5. The fourth-order valence-electron chi connectivity index (χ4n) is 2.33. The number of methoxy groups -OCH3 is 1. The number of ether oxygens (including phenoxy) is 1. The highest BCUT2D eigenvalue weighted by Gasteiger charge is 2.26. The van der Waals surface area contributed by atoms with Gasteiger partial charge in [-0.2, -0.15) is 0 Å². The first-order chi connectivity index (χ1) is 9.57. The van der Waals surface area contributed by atoms with Crippen LogP contribution in [0.25, 0.3) is 0 Å². The maximum absolute atomic E-state index is 13.0. The zero-order valence-electron chi connectivity index (χ0n) is 11.8. The van der Waals surface area contributed by atoms with E-state index in [0.717, 1.165) is 16.9 Å².